The summed E-state index contributed by atoms with van der Waals surface area (Å²) < 4.78 is 5.65. The molecular formula is C26H35ClNO3P. The molecule has 0 aromatic heterocycles. The van der Waals surface area contributed by atoms with Crippen molar-refractivity contribution in [3.05, 3.63) is 64.2 Å². The van der Waals surface area contributed by atoms with Crippen LogP contribution in [-0.4, -0.2) is 36.0 Å². The second-order valence-electron chi connectivity index (χ2n) is 9.11. The third-order valence-electron chi connectivity index (χ3n) is 6.80. The third kappa shape index (κ3) is 6.11. The van der Waals surface area contributed by atoms with Crippen molar-refractivity contribution in [2.24, 2.45) is 0 Å². The summed E-state index contributed by atoms with van der Waals surface area (Å²) in [5.41, 5.74) is 3.63. The Morgan fingerprint density at radius 1 is 1.06 bits per heavy atom. The van der Waals surface area contributed by atoms with Crippen LogP contribution in [0.25, 0.3) is 0 Å². The predicted octanol–water partition coefficient (Wildman–Crippen LogP) is 6.35. The topological polar surface area (TPSA) is 55.4 Å². The van der Waals surface area contributed by atoms with Gasteiger partial charge in [0.25, 0.3) is 0 Å². The molecule has 174 valence electrons. The second kappa shape index (κ2) is 11.3. The van der Waals surface area contributed by atoms with Gasteiger partial charge in [0.2, 0.25) is 0 Å². The number of anilines is 1. The van der Waals surface area contributed by atoms with Crippen LogP contribution in [0.1, 0.15) is 49.3 Å². The number of carbonyl (C=O) groups is 2. The number of carbonyl (C=O) groups excluding carboxylic acids is 2. The van der Waals surface area contributed by atoms with Gasteiger partial charge in [-0.15, -0.1) is 0 Å². The normalized spacial score (nSPS) is 17.2. The van der Waals surface area contributed by atoms with Crippen molar-refractivity contribution in [3.63, 3.8) is 0 Å². The molecule has 32 heavy (non-hydrogen) atoms. The van der Waals surface area contributed by atoms with Gasteiger partial charge in [-0.05, 0) is 0 Å². The molecule has 4 nitrogen and oxygen atoms in total. The molecule has 1 aliphatic rings. The summed E-state index contributed by atoms with van der Waals surface area (Å²) in [6.07, 6.45) is 6.57. The van der Waals surface area contributed by atoms with Crippen molar-refractivity contribution in [2.75, 3.05) is 23.8 Å². The van der Waals surface area contributed by atoms with Crippen LogP contribution in [0.3, 0.4) is 0 Å². The monoisotopic (exact) mass is 475 g/mol. The van der Waals surface area contributed by atoms with E-state index in [1.807, 2.05) is 56.3 Å². The molecule has 0 aliphatic carbocycles. The van der Waals surface area contributed by atoms with Crippen LogP contribution in [0.4, 0.5) is 5.69 Å². The Labute approximate surface area is 197 Å². The van der Waals surface area contributed by atoms with Gasteiger partial charge in [0.05, 0.1) is 0 Å². The van der Waals surface area contributed by atoms with Crippen molar-refractivity contribution in [1.82, 2.24) is 0 Å². The van der Waals surface area contributed by atoms with Crippen molar-refractivity contribution in [3.8, 4) is 0 Å². The summed E-state index contributed by atoms with van der Waals surface area (Å²) in [5.74, 6) is -0.113. The molecule has 1 unspecified atom stereocenters. The Morgan fingerprint density at radius 2 is 1.69 bits per heavy atom. The molecule has 1 fully saturated rings. The maximum atomic E-state index is 13.5. The van der Waals surface area contributed by atoms with Gasteiger partial charge in [0, 0.05) is 0 Å². The van der Waals surface area contributed by atoms with Crippen LogP contribution >= 0.6 is 18.9 Å². The van der Waals surface area contributed by atoms with E-state index in [-0.39, 0.29) is 24.1 Å². The fourth-order valence-corrected chi connectivity index (χ4v) is 11.1. The Hall–Kier alpha value is -1.90. The molecule has 0 saturated carbocycles. The Bertz CT molecular complexity index is 918. The number of halogens is 1. The van der Waals surface area contributed by atoms with Gasteiger partial charge in [-0.2, -0.15) is 0 Å². The minimum absolute atomic E-state index is 0.0467. The first kappa shape index (κ1) is 24.7. The van der Waals surface area contributed by atoms with Crippen LogP contribution in [0.5, 0.6) is 0 Å². The number of hydrogen-bond acceptors (Lipinski definition) is 3. The zero-order valence-corrected chi connectivity index (χ0v) is 21.1. The summed E-state index contributed by atoms with van der Waals surface area (Å²) in [6, 6.07) is 13.5. The molecule has 0 bridgehead atoms. The van der Waals surface area contributed by atoms with E-state index in [2.05, 4.69) is 12.2 Å². The number of benzene rings is 2. The average Bonchev–Trinajstić information content (AvgIpc) is 2.76. The van der Waals surface area contributed by atoms with Crippen molar-refractivity contribution in [1.29, 1.82) is 0 Å². The molecule has 1 aliphatic heterocycles. The van der Waals surface area contributed by atoms with E-state index in [4.69, 9.17) is 16.3 Å². The van der Waals surface area contributed by atoms with Gasteiger partial charge in [0.15, 0.2) is 0 Å². The number of ether oxygens (including phenoxy) is 1. The SMILES string of the molecule is CCC(C(=O)Nc1c(C)cc(Cl)cc1C)[PH]1(CC(=O)OCc2ccccc2)CCCCC1. The molecular weight excluding hydrogens is 441 g/mol. The molecule has 0 spiro atoms. The van der Waals surface area contributed by atoms with E-state index < -0.39 is 7.26 Å². The number of aryl methyl sites for hydroxylation is 2. The van der Waals surface area contributed by atoms with Gasteiger partial charge in [-0.25, -0.2) is 0 Å². The Morgan fingerprint density at radius 3 is 2.28 bits per heavy atom. The molecule has 2 aromatic carbocycles. The van der Waals surface area contributed by atoms with Gasteiger partial charge >= 0.3 is 197 Å². The summed E-state index contributed by atoms with van der Waals surface area (Å²) in [4.78, 5) is 26.4. The zero-order valence-electron chi connectivity index (χ0n) is 19.4. The summed E-state index contributed by atoms with van der Waals surface area (Å²) in [7, 11) is -2.19. The summed E-state index contributed by atoms with van der Waals surface area (Å²) >= 11 is 6.17. The van der Waals surface area contributed by atoms with Crippen molar-refractivity contribution in [2.45, 2.75) is 58.7 Å². The number of nitrogens with one attached hydrogen (secondary N) is 1. The van der Waals surface area contributed by atoms with Crippen LogP contribution in [0.15, 0.2) is 42.5 Å². The zero-order chi connectivity index (χ0) is 23.1. The van der Waals surface area contributed by atoms with Crippen LogP contribution in [0.2, 0.25) is 5.02 Å². The van der Waals surface area contributed by atoms with E-state index in [1.165, 1.54) is 6.42 Å². The van der Waals surface area contributed by atoms with Crippen LogP contribution < -0.4 is 5.32 Å². The number of hydrogen-bond donors (Lipinski definition) is 1. The molecule has 3 rings (SSSR count). The second-order valence-corrected chi connectivity index (χ2v) is 14.3. The summed E-state index contributed by atoms with van der Waals surface area (Å²) in [5, 5.41) is 3.87. The fraction of sp³-hybridized carbons (Fsp3) is 0.462. The number of rotatable bonds is 8. The minimum atomic E-state index is -2.19. The molecule has 1 atom stereocenters. The molecule has 1 N–H and O–H groups in total. The van der Waals surface area contributed by atoms with E-state index in [1.54, 1.807) is 0 Å². The molecule has 0 radical (unpaired) electrons. The first-order chi connectivity index (χ1) is 15.3. The summed E-state index contributed by atoms with van der Waals surface area (Å²) in [6.45, 7) is 6.29. The molecule has 2 aromatic rings. The van der Waals surface area contributed by atoms with Crippen LogP contribution in [0, 0.1) is 13.8 Å². The molecule has 1 saturated heterocycles. The molecule has 1 heterocycles. The van der Waals surface area contributed by atoms with E-state index >= 15 is 0 Å². The van der Waals surface area contributed by atoms with Gasteiger partial charge in [0.1, 0.15) is 0 Å². The maximum absolute atomic E-state index is 13.5. The predicted molar refractivity (Wildman–Crippen MR) is 137 cm³/mol. The first-order valence-corrected chi connectivity index (χ1v) is 14.7. The first-order valence-electron chi connectivity index (χ1n) is 11.6. The van der Waals surface area contributed by atoms with Crippen LogP contribution in [-0.2, 0) is 20.9 Å². The van der Waals surface area contributed by atoms with Crippen molar-refractivity contribution < 1.29 is 14.3 Å². The van der Waals surface area contributed by atoms with Crippen molar-refractivity contribution >= 4 is 36.4 Å². The fourth-order valence-electron chi connectivity index (χ4n) is 5.20. The van der Waals surface area contributed by atoms with E-state index in [9.17, 15) is 9.59 Å². The molecule has 6 heteroatoms. The average molecular weight is 476 g/mol. The molecule has 1 amide bonds. The Balaban J connectivity index is 1.76. The van der Waals surface area contributed by atoms with Gasteiger partial charge in [-0.1, -0.05) is 0 Å². The van der Waals surface area contributed by atoms with E-state index in [0.717, 1.165) is 54.0 Å². The quantitative estimate of drug-likeness (QED) is 0.357. The number of amides is 1. The Kier molecular flexibility index (Phi) is 8.73. The van der Waals surface area contributed by atoms with Gasteiger partial charge < -0.3 is 0 Å². The standard InChI is InChI=1S/C26H35ClNO3P/c1-4-23(26(30)28-25-19(2)15-22(27)16-20(25)3)32(13-9-6-10-14-32)18-24(29)31-17-21-11-7-5-8-12-21/h5,7-8,11-12,15-16,23,32H,4,6,9-10,13-14,17-18H2,1-3H3,(H,28,30). The number of esters is 1. The van der Waals surface area contributed by atoms with Gasteiger partial charge in [-0.3, -0.25) is 0 Å². The third-order valence-corrected chi connectivity index (χ3v) is 12.9. The van der Waals surface area contributed by atoms with E-state index in [0.29, 0.717) is 11.2 Å².